The highest BCUT2D eigenvalue weighted by Crippen LogP contribution is 2.23. The molecule has 0 aromatic heterocycles. The number of nitrogens with two attached hydrogens (primary N) is 1. The van der Waals surface area contributed by atoms with E-state index in [1.807, 2.05) is 31.2 Å². The molecule has 1 aliphatic rings. The molecule has 2 aromatic rings. The summed E-state index contributed by atoms with van der Waals surface area (Å²) in [4.78, 5) is 24.7. The number of carbonyl (C=O) groups excluding carboxylic acids is 1. The Morgan fingerprint density at radius 2 is 1.74 bits per heavy atom. The standard InChI is InChI=1S/C20H23N3O4/c1-14-2-4-15(5-3-14)19(21)20(24)22-12-10-18(11-13-22)27-17-8-6-16(7-9-17)23(25)26/h2-9,18-19H,10-13,21H2,1H3. The molecule has 1 fully saturated rings. The number of piperidine rings is 1. The van der Waals surface area contributed by atoms with Crippen LogP contribution in [0.3, 0.4) is 0 Å². The first-order chi connectivity index (χ1) is 12.9. The summed E-state index contributed by atoms with van der Waals surface area (Å²) in [5.74, 6) is 0.523. The number of nitrogens with zero attached hydrogens (tertiary/aromatic N) is 2. The van der Waals surface area contributed by atoms with E-state index in [2.05, 4.69) is 0 Å². The van der Waals surface area contributed by atoms with Crippen LogP contribution in [0.5, 0.6) is 5.75 Å². The topological polar surface area (TPSA) is 98.7 Å². The lowest BCUT2D eigenvalue weighted by Crippen LogP contribution is -2.45. The molecular formula is C20H23N3O4. The fourth-order valence-electron chi connectivity index (χ4n) is 3.15. The van der Waals surface area contributed by atoms with Gasteiger partial charge in [-0.3, -0.25) is 14.9 Å². The zero-order valence-corrected chi connectivity index (χ0v) is 15.2. The van der Waals surface area contributed by atoms with E-state index >= 15 is 0 Å². The van der Waals surface area contributed by atoms with E-state index in [0.29, 0.717) is 31.7 Å². The van der Waals surface area contributed by atoms with Crippen molar-refractivity contribution in [1.82, 2.24) is 4.90 Å². The molecule has 1 heterocycles. The first-order valence-corrected chi connectivity index (χ1v) is 8.96. The molecule has 1 saturated heterocycles. The van der Waals surface area contributed by atoms with Gasteiger partial charge in [-0.2, -0.15) is 0 Å². The van der Waals surface area contributed by atoms with Crippen LogP contribution in [-0.4, -0.2) is 34.9 Å². The van der Waals surface area contributed by atoms with Gasteiger partial charge in [-0.1, -0.05) is 29.8 Å². The van der Waals surface area contributed by atoms with Gasteiger partial charge in [0.1, 0.15) is 17.9 Å². The summed E-state index contributed by atoms with van der Waals surface area (Å²) in [5.41, 5.74) is 8.12. The molecule has 27 heavy (non-hydrogen) atoms. The van der Waals surface area contributed by atoms with Crippen LogP contribution >= 0.6 is 0 Å². The van der Waals surface area contributed by atoms with Crippen LogP contribution in [0.2, 0.25) is 0 Å². The van der Waals surface area contributed by atoms with Crippen molar-refractivity contribution in [1.29, 1.82) is 0 Å². The van der Waals surface area contributed by atoms with E-state index < -0.39 is 11.0 Å². The largest absolute Gasteiger partial charge is 0.490 e. The van der Waals surface area contributed by atoms with Crippen molar-refractivity contribution < 1.29 is 14.5 Å². The maximum atomic E-state index is 12.6. The van der Waals surface area contributed by atoms with Gasteiger partial charge in [-0.15, -0.1) is 0 Å². The predicted molar refractivity (Wildman–Crippen MR) is 101 cm³/mol. The Kier molecular flexibility index (Phi) is 5.71. The Bertz CT molecular complexity index is 797. The number of hydrogen-bond acceptors (Lipinski definition) is 5. The number of likely N-dealkylation sites (tertiary alicyclic amines) is 1. The number of carbonyl (C=O) groups is 1. The van der Waals surface area contributed by atoms with Crippen molar-refractivity contribution >= 4 is 11.6 Å². The van der Waals surface area contributed by atoms with Crippen LogP contribution in [0.4, 0.5) is 5.69 Å². The van der Waals surface area contributed by atoms with E-state index in [1.165, 1.54) is 12.1 Å². The third-order valence-electron chi connectivity index (χ3n) is 4.81. The van der Waals surface area contributed by atoms with Crippen LogP contribution < -0.4 is 10.5 Å². The lowest BCUT2D eigenvalue weighted by Gasteiger charge is -2.33. The summed E-state index contributed by atoms with van der Waals surface area (Å²) >= 11 is 0. The van der Waals surface area contributed by atoms with E-state index in [-0.39, 0.29) is 17.7 Å². The molecule has 1 unspecified atom stereocenters. The Balaban J connectivity index is 1.52. The molecule has 7 nitrogen and oxygen atoms in total. The molecule has 0 saturated carbocycles. The van der Waals surface area contributed by atoms with E-state index in [1.54, 1.807) is 17.0 Å². The molecule has 0 aliphatic carbocycles. The number of ether oxygens (including phenoxy) is 1. The molecule has 3 rings (SSSR count). The highest BCUT2D eigenvalue weighted by Gasteiger charge is 2.28. The Hall–Kier alpha value is -2.93. The van der Waals surface area contributed by atoms with Gasteiger partial charge in [0.15, 0.2) is 0 Å². The van der Waals surface area contributed by atoms with Gasteiger partial charge in [-0.05, 0) is 24.6 Å². The van der Waals surface area contributed by atoms with Crippen LogP contribution in [-0.2, 0) is 4.79 Å². The lowest BCUT2D eigenvalue weighted by molar-refractivity contribution is -0.384. The normalized spacial score (nSPS) is 16.0. The second kappa shape index (κ2) is 8.18. The number of nitro benzene ring substituents is 1. The molecular weight excluding hydrogens is 346 g/mol. The highest BCUT2D eigenvalue weighted by atomic mass is 16.6. The summed E-state index contributed by atoms with van der Waals surface area (Å²) in [7, 11) is 0. The third-order valence-corrected chi connectivity index (χ3v) is 4.81. The number of aryl methyl sites for hydroxylation is 1. The minimum atomic E-state index is -0.655. The van der Waals surface area contributed by atoms with Gasteiger partial charge >= 0.3 is 0 Å². The summed E-state index contributed by atoms with van der Waals surface area (Å²) in [5, 5.41) is 10.7. The minimum absolute atomic E-state index is 0.0221. The van der Waals surface area contributed by atoms with Gasteiger partial charge in [0, 0.05) is 38.1 Å². The molecule has 2 aromatic carbocycles. The maximum Gasteiger partial charge on any atom is 0.269 e. The van der Waals surface area contributed by atoms with Crippen molar-refractivity contribution in [3.63, 3.8) is 0 Å². The summed E-state index contributed by atoms with van der Waals surface area (Å²) in [6.45, 7) is 3.15. The Morgan fingerprint density at radius 3 is 2.30 bits per heavy atom. The predicted octanol–water partition coefficient (Wildman–Crippen LogP) is 2.97. The van der Waals surface area contributed by atoms with Crippen molar-refractivity contribution in [3.8, 4) is 5.75 Å². The van der Waals surface area contributed by atoms with Gasteiger partial charge in [-0.25, -0.2) is 0 Å². The molecule has 1 amide bonds. The number of hydrogen-bond donors (Lipinski definition) is 1. The molecule has 0 bridgehead atoms. The first-order valence-electron chi connectivity index (χ1n) is 8.96. The van der Waals surface area contributed by atoms with Gasteiger partial charge < -0.3 is 15.4 Å². The Labute approximate surface area is 157 Å². The van der Waals surface area contributed by atoms with Crippen molar-refractivity contribution in [2.24, 2.45) is 5.73 Å². The van der Waals surface area contributed by atoms with Gasteiger partial charge in [0.2, 0.25) is 5.91 Å². The third kappa shape index (κ3) is 4.62. The van der Waals surface area contributed by atoms with Crippen molar-refractivity contribution in [2.75, 3.05) is 13.1 Å². The van der Waals surface area contributed by atoms with Crippen LogP contribution in [0.15, 0.2) is 48.5 Å². The van der Waals surface area contributed by atoms with E-state index in [9.17, 15) is 14.9 Å². The monoisotopic (exact) mass is 369 g/mol. The number of rotatable bonds is 5. The molecule has 1 aliphatic heterocycles. The number of nitro groups is 1. The maximum absolute atomic E-state index is 12.6. The fraction of sp³-hybridized carbons (Fsp3) is 0.350. The first kappa shape index (κ1) is 18.8. The number of benzene rings is 2. The smallest absolute Gasteiger partial charge is 0.269 e. The minimum Gasteiger partial charge on any atom is -0.490 e. The molecule has 0 radical (unpaired) electrons. The summed E-state index contributed by atoms with van der Waals surface area (Å²) in [6, 6.07) is 13.1. The molecule has 0 spiro atoms. The van der Waals surface area contributed by atoms with Gasteiger partial charge in [0.05, 0.1) is 4.92 Å². The quantitative estimate of drug-likeness (QED) is 0.645. The van der Waals surface area contributed by atoms with Crippen LogP contribution in [0.25, 0.3) is 0 Å². The summed E-state index contributed by atoms with van der Waals surface area (Å²) < 4.78 is 5.88. The Morgan fingerprint density at radius 1 is 1.15 bits per heavy atom. The second-order valence-corrected chi connectivity index (χ2v) is 6.78. The zero-order valence-electron chi connectivity index (χ0n) is 15.2. The highest BCUT2D eigenvalue weighted by molar-refractivity contribution is 5.83. The lowest BCUT2D eigenvalue weighted by atomic mass is 10.0. The second-order valence-electron chi connectivity index (χ2n) is 6.78. The SMILES string of the molecule is Cc1ccc(C(N)C(=O)N2CCC(Oc3ccc([N+](=O)[O-])cc3)CC2)cc1. The van der Waals surface area contributed by atoms with Crippen LogP contribution in [0, 0.1) is 17.0 Å². The average Bonchev–Trinajstić information content (AvgIpc) is 2.68. The van der Waals surface area contributed by atoms with E-state index in [4.69, 9.17) is 10.5 Å². The average molecular weight is 369 g/mol. The zero-order chi connectivity index (χ0) is 19.4. The molecule has 7 heteroatoms. The van der Waals surface area contributed by atoms with Crippen molar-refractivity contribution in [2.45, 2.75) is 31.9 Å². The molecule has 2 N–H and O–H groups in total. The van der Waals surface area contributed by atoms with Crippen LogP contribution in [0.1, 0.15) is 30.0 Å². The number of amides is 1. The van der Waals surface area contributed by atoms with E-state index in [0.717, 1.165) is 11.1 Å². The summed E-state index contributed by atoms with van der Waals surface area (Å²) in [6.07, 6.45) is 1.37. The van der Waals surface area contributed by atoms with Crippen molar-refractivity contribution in [3.05, 3.63) is 69.8 Å². The fourth-order valence-corrected chi connectivity index (χ4v) is 3.15. The molecule has 142 valence electrons. The number of non-ortho nitro benzene ring substituents is 1. The molecule has 1 atom stereocenters. The van der Waals surface area contributed by atoms with Gasteiger partial charge in [0.25, 0.3) is 5.69 Å².